The Balaban J connectivity index is 1.75. The van der Waals surface area contributed by atoms with Crippen molar-refractivity contribution in [2.75, 3.05) is 6.54 Å². The lowest BCUT2D eigenvalue weighted by Crippen LogP contribution is -2.61. The molecule has 1 saturated heterocycles. The van der Waals surface area contributed by atoms with Crippen LogP contribution >= 0.6 is 0 Å². The molecule has 1 heterocycles. The number of esters is 1. The Morgan fingerprint density at radius 2 is 1.82 bits per heavy atom. The van der Waals surface area contributed by atoms with Crippen LogP contribution in [0, 0.1) is 5.92 Å². The lowest BCUT2D eigenvalue weighted by Gasteiger charge is -2.36. The summed E-state index contributed by atoms with van der Waals surface area (Å²) < 4.78 is 12.1. The summed E-state index contributed by atoms with van der Waals surface area (Å²) in [5.74, 6) is -0.554. The highest BCUT2D eigenvalue weighted by atomic mass is 28.4. The zero-order valence-electron chi connectivity index (χ0n) is 27.3. The van der Waals surface area contributed by atoms with Gasteiger partial charge in [0.15, 0.2) is 0 Å². The first-order valence-electron chi connectivity index (χ1n) is 15.4. The smallest absolute Gasteiger partial charge is 0.325 e. The number of benzene rings is 2. The van der Waals surface area contributed by atoms with Crippen LogP contribution in [0.1, 0.15) is 64.2 Å². The first kappa shape index (κ1) is 35.0. The Morgan fingerprint density at radius 3 is 2.48 bits per heavy atom. The summed E-state index contributed by atoms with van der Waals surface area (Å²) in [6, 6.07) is 12.9. The minimum atomic E-state index is -2.08. The largest absolute Gasteiger partial charge is 0.543 e. The molecule has 0 radical (unpaired) electrons. The van der Waals surface area contributed by atoms with Gasteiger partial charge >= 0.3 is 5.97 Å². The van der Waals surface area contributed by atoms with E-state index < -0.39 is 38.3 Å². The molecule has 3 unspecified atom stereocenters. The zero-order valence-corrected chi connectivity index (χ0v) is 28.3. The van der Waals surface area contributed by atoms with E-state index in [1.165, 1.54) is 5.01 Å². The highest BCUT2D eigenvalue weighted by Crippen LogP contribution is 2.37. The number of hydrazine groups is 1. The van der Waals surface area contributed by atoms with E-state index in [4.69, 9.17) is 14.9 Å². The van der Waals surface area contributed by atoms with Gasteiger partial charge in [0.1, 0.15) is 24.4 Å². The van der Waals surface area contributed by atoms with Gasteiger partial charge in [-0.3, -0.25) is 19.4 Å². The van der Waals surface area contributed by atoms with Crippen LogP contribution in [-0.2, 0) is 32.1 Å². The number of carbonyl (C=O) groups excluding carboxylic acids is 3. The van der Waals surface area contributed by atoms with Crippen molar-refractivity contribution in [3.05, 3.63) is 71.8 Å². The second-order valence-electron chi connectivity index (χ2n) is 13.4. The maximum Gasteiger partial charge on any atom is 0.325 e. The van der Waals surface area contributed by atoms with E-state index in [1.54, 1.807) is 6.08 Å². The number of hydrogen-bond acceptors (Lipinski definition) is 7. The molecule has 1 fully saturated rings. The number of nitrogens with two attached hydrogens (primary N) is 1. The van der Waals surface area contributed by atoms with Crippen LogP contribution in [0.3, 0.4) is 0 Å². The van der Waals surface area contributed by atoms with Crippen LogP contribution in [0.4, 0.5) is 0 Å². The number of rotatable bonds is 12. The van der Waals surface area contributed by atoms with Crippen LogP contribution in [0.5, 0.6) is 5.75 Å². The summed E-state index contributed by atoms with van der Waals surface area (Å²) in [4.78, 5) is 39.9. The first-order valence-corrected chi connectivity index (χ1v) is 18.3. The van der Waals surface area contributed by atoms with Gasteiger partial charge in [0, 0.05) is 13.0 Å². The van der Waals surface area contributed by atoms with E-state index in [2.05, 4.69) is 51.2 Å². The summed E-state index contributed by atoms with van der Waals surface area (Å²) in [6.07, 6.45) is 3.10. The van der Waals surface area contributed by atoms with Crippen LogP contribution in [0.15, 0.2) is 55.1 Å². The van der Waals surface area contributed by atoms with Crippen molar-refractivity contribution in [1.82, 2.24) is 15.8 Å². The van der Waals surface area contributed by atoms with E-state index in [9.17, 15) is 14.4 Å². The second-order valence-corrected chi connectivity index (χ2v) is 18.1. The average Bonchev–Trinajstić information content (AvgIpc) is 2.98. The maximum absolute atomic E-state index is 13.9. The van der Waals surface area contributed by atoms with Crippen molar-refractivity contribution in [2.24, 2.45) is 11.7 Å². The van der Waals surface area contributed by atoms with Gasteiger partial charge in [-0.1, -0.05) is 77.6 Å². The fourth-order valence-corrected chi connectivity index (χ4v) is 5.58. The number of carbonyl (C=O) groups is 3. The lowest BCUT2D eigenvalue weighted by atomic mass is 10.0. The number of amides is 2. The summed E-state index contributed by atoms with van der Waals surface area (Å²) in [6.45, 7) is 18.9. The molecule has 3 atom stereocenters. The SMILES string of the molecule is C=Cc1cccc(COC(=O)C2CCCN(C(=O)C(Cc3cccc(O[Si](C)(C)C(C)(C)C)c3)NC(=O)C(N)C(C)C)N2)c1. The van der Waals surface area contributed by atoms with Crippen molar-refractivity contribution in [1.29, 1.82) is 0 Å². The molecule has 0 saturated carbocycles. The van der Waals surface area contributed by atoms with Crippen molar-refractivity contribution >= 4 is 32.2 Å². The van der Waals surface area contributed by atoms with Crippen molar-refractivity contribution < 1.29 is 23.5 Å². The monoisotopic (exact) mass is 622 g/mol. The lowest BCUT2D eigenvalue weighted by molar-refractivity contribution is -0.154. The summed E-state index contributed by atoms with van der Waals surface area (Å²) in [5.41, 5.74) is 11.8. The van der Waals surface area contributed by atoms with Crippen LogP contribution in [0.25, 0.3) is 6.08 Å². The highest BCUT2D eigenvalue weighted by molar-refractivity contribution is 6.74. The molecule has 44 heavy (non-hydrogen) atoms. The third kappa shape index (κ3) is 9.51. The Bertz CT molecular complexity index is 1320. The molecule has 2 aromatic carbocycles. The highest BCUT2D eigenvalue weighted by Gasteiger charge is 2.39. The molecule has 10 heteroatoms. The molecule has 3 rings (SSSR count). The standard InChI is InChI=1S/C34H50N4O5Si/c1-9-24-13-10-15-26(19-24)22-42-33(41)28-17-12-18-38(37-28)32(40)29(36-31(39)30(35)23(2)3)21-25-14-11-16-27(20-25)43-44(7,8)34(4,5)6/h9-11,13-16,19-20,23,28-30,37H,1,12,17-18,21-22,35H2,2-8H3,(H,36,39). The first-order chi connectivity index (χ1) is 20.6. The third-order valence-corrected chi connectivity index (χ3v) is 12.8. The Labute approximate surface area is 263 Å². The maximum atomic E-state index is 13.9. The van der Waals surface area contributed by atoms with Gasteiger partial charge in [-0.05, 0) is 71.8 Å². The van der Waals surface area contributed by atoms with Gasteiger partial charge in [0.2, 0.25) is 14.2 Å². The Kier molecular flexibility index (Phi) is 11.9. The zero-order chi connectivity index (χ0) is 32.7. The fraction of sp³-hybridized carbons (Fsp3) is 0.500. The molecule has 0 aliphatic carbocycles. The van der Waals surface area contributed by atoms with E-state index in [-0.39, 0.29) is 29.9 Å². The van der Waals surface area contributed by atoms with Gasteiger partial charge in [0.25, 0.3) is 5.91 Å². The topological polar surface area (TPSA) is 123 Å². The predicted molar refractivity (Wildman–Crippen MR) is 177 cm³/mol. The number of ether oxygens (including phenoxy) is 1. The Hall–Kier alpha value is -3.47. The van der Waals surface area contributed by atoms with Crippen LogP contribution < -0.4 is 20.9 Å². The predicted octanol–water partition coefficient (Wildman–Crippen LogP) is 4.96. The van der Waals surface area contributed by atoms with E-state index in [0.29, 0.717) is 19.4 Å². The summed E-state index contributed by atoms with van der Waals surface area (Å²) in [5, 5.41) is 4.34. The molecule has 9 nitrogen and oxygen atoms in total. The van der Waals surface area contributed by atoms with Crippen molar-refractivity contribution in [3.63, 3.8) is 0 Å². The van der Waals surface area contributed by atoms with Gasteiger partial charge < -0.3 is 20.2 Å². The van der Waals surface area contributed by atoms with E-state index >= 15 is 0 Å². The summed E-state index contributed by atoms with van der Waals surface area (Å²) in [7, 11) is -2.08. The van der Waals surface area contributed by atoms with Crippen molar-refractivity contribution in [3.8, 4) is 5.75 Å². The van der Waals surface area contributed by atoms with Crippen molar-refractivity contribution in [2.45, 2.75) is 96.7 Å². The molecule has 0 aromatic heterocycles. The number of nitrogens with zero attached hydrogens (tertiary/aromatic N) is 1. The van der Waals surface area contributed by atoms with Crippen LogP contribution in [-0.4, -0.2) is 55.8 Å². The quantitative estimate of drug-likeness (QED) is 0.226. The minimum Gasteiger partial charge on any atom is -0.543 e. The van der Waals surface area contributed by atoms with E-state index in [0.717, 1.165) is 22.4 Å². The molecule has 2 aromatic rings. The number of nitrogens with one attached hydrogen (secondary N) is 2. The van der Waals surface area contributed by atoms with Crippen LogP contribution in [0.2, 0.25) is 18.1 Å². The molecule has 2 amide bonds. The van der Waals surface area contributed by atoms with Gasteiger partial charge in [-0.2, -0.15) is 0 Å². The van der Waals surface area contributed by atoms with Gasteiger partial charge in [-0.15, -0.1) is 0 Å². The van der Waals surface area contributed by atoms with E-state index in [1.807, 2.05) is 62.4 Å². The molecule has 4 N–H and O–H groups in total. The normalized spacial score (nSPS) is 17.0. The molecule has 0 bridgehead atoms. The Morgan fingerprint density at radius 1 is 1.14 bits per heavy atom. The molecule has 0 spiro atoms. The third-order valence-electron chi connectivity index (χ3n) is 8.46. The molecule has 240 valence electrons. The minimum absolute atomic E-state index is 0.0235. The average molecular weight is 623 g/mol. The fourth-order valence-electron chi connectivity index (χ4n) is 4.56. The number of hydrogen-bond donors (Lipinski definition) is 3. The molecule has 1 aliphatic heterocycles. The molecular weight excluding hydrogens is 572 g/mol. The molecular formula is C34H50N4O5Si. The summed E-state index contributed by atoms with van der Waals surface area (Å²) >= 11 is 0. The molecule has 1 aliphatic rings. The second kappa shape index (κ2) is 15.0. The van der Waals surface area contributed by atoms with Gasteiger partial charge in [0.05, 0.1) is 6.04 Å². The van der Waals surface area contributed by atoms with Gasteiger partial charge in [-0.25, -0.2) is 5.43 Å².